The molecule has 126 valence electrons. The number of methoxy groups -OCH3 is 2. The SMILES string of the molecule is COc1cc(C)c(S(=O)(=O)N[C@H](C)c2ccc(C)o2)cc1OC. The van der Waals surface area contributed by atoms with Crippen LogP contribution in [0, 0.1) is 13.8 Å². The number of benzene rings is 1. The van der Waals surface area contributed by atoms with Gasteiger partial charge in [-0.25, -0.2) is 13.1 Å². The summed E-state index contributed by atoms with van der Waals surface area (Å²) in [5.74, 6) is 2.14. The van der Waals surface area contributed by atoms with Crippen molar-refractivity contribution >= 4 is 10.0 Å². The Morgan fingerprint density at radius 3 is 2.22 bits per heavy atom. The lowest BCUT2D eigenvalue weighted by Gasteiger charge is -2.16. The van der Waals surface area contributed by atoms with Crippen molar-refractivity contribution in [3.8, 4) is 11.5 Å². The van der Waals surface area contributed by atoms with Crippen molar-refractivity contribution < 1.29 is 22.3 Å². The van der Waals surface area contributed by atoms with Crippen LogP contribution in [0.1, 0.15) is 30.0 Å². The Bertz CT molecular complexity index is 795. The van der Waals surface area contributed by atoms with E-state index in [4.69, 9.17) is 13.9 Å². The van der Waals surface area contributed by atoms with Crippen LogP contribution in [0.2, 0.25) is 0 Å². The Morgan fingerprint density at radius 1 is 1.09 bits per heavy atom. The third kappa shape index (κ3) is 3.68. The number of rotatable bonds is 6. The summed E-state index contributed by atoms with van der Waals surface area (Å²) in [5.41, 5.74) is 0.568. The lowest BCUT2D eigenvalue weighted by Crippen LogP contribution is -2.27. The largest absolute Gasteiger partial charge is 0.493 e. The predicted molar refractivity (Wildman–Crippen MR) is 86.5 cm³/mol. The monoisotopic (exact) mass is 339 g/mol. The topological polar surface area (TPSA) is 77.8 Å². The van der Waals surface area contributed by atoms with E-state index in [9.17, 15) is 8.42 Å². The molecule has 0 saturated heterocycles. The van der Waals surface area contributed by atoms with Gasteiger partial charge in [-0.1, -0.05) is 0 Å². The molecule has 0 aliphatic rings. The van der Waals surface area contributed by atoms with E-state index >= 15 is 0 Å². The zero-order valence-corrected chi connectivity index (χ0v) is 14.7. The zero-order valence-electron chi connectivity index (χ0n) is 13.8. The molecule has 6 nitrogen and oxygen atoms in total. The molecule has 1 aromatic carbocycles. The molecule has 7 heteroatoms. The number of ether oxygens (including phenoxy) is 2. The van der Waals surface area contributed by atoms with Crippen LogP contribution in [-0.2, 0) is 10.0 Å². The molecular weight excluding hydrogens is 318 g/mol. The fourth-order valence-electron chi connectivity index (χ4n) is 2.29. The van der Waals surface area contributed by atoms with Crippen LogP contribution in [0.15, 0.2) is 33.6 Å². The molecule has 0 fully saturated rings. The van der Waals surface area contributed by atoms with Crippen molar-refractivity contribution in [2.75, 3.05) is 14.2 Å². The van der Waals surface area contributed by atoms with Crippen molar-refractivity contribution in [2.45, 2.75) is 31.7 Å². The molecule has 2 aromatic rings. The Hall–Kier alpha value is -1.99. The van der Waals surface area contributed by atoms with Crippen molar-refractivity contribution in [3.63, 3.8) is 0 Å². The van der Waals surface area contributed by atoms with Gasteiger partial charge >= 0.3 is 0 Å². The highest BCUT2D eigenvalue weighted by molar-refractivity contribution is 7.89. The number of hydrogen-bond donors (Lipinski definition) is 1. The summed E-state index contributed by atoms with van der Waals surface area (Å²) in [6.45, 7) is 5.24. The van der Waals surface area contributed by atoms with Crippen LogP contribution in [0.4, 0.5) is 0 Å². The summed E-state index contributed by atoms with van der Waals surface area (Å²) in [5, 5.41) is 0. The van der Waals surface area contributed by atoms with E-state index in [0.29, 0.717) is 22.8 Å². The lowest BCUT2D eigenvalue weighted by molar-refractivity contribution is 0.353. The van der Waals surface area contributed by atoms with Crippen molar-refractivity contribution in [1.82, 2.24) is 4.72 Å². The lowest BCUT2D eigenvalue weighted by atomic mass is 10.2. The summed E-state index contributed by atoms with van der Waals surface area (Å²) >= 11 is 0. The van der Waals surface area contributed by atoms with Crippen LogP contribution in [0.5, 0.6) is 11.5 Å². The molecular formula is C16H21NO5S. The normalized spacial score (nSPS) is 12.9. The third-order valence-corrected chi connectivity index (χ3v) is 5.17. The average molecular weight is 339 g/mol. The molecule has 0 bridgehead atoms. The molecule has 0 aliphatic carbocycles. The second-order valence-corrected chi connectivity index (χ2v) is 6.95. The second kappa shape index (κ2) is 6.64. The Labute approximate surface area is 136 Å². The summed E-state index contributed by atoms with van der Waals surface area (Å²) in [7, 11) is -0.764. The van der Waals surface area contributed by atoms with Crippen LogP contribution < -0.4 is 14.2 Å². The first-order valence-corrected chi connectivity index (χ1v) is 8.58. The first-order valence-electron chi connectivity index (χ1n) is 7.09. The number of nitrogens with one attached hydrogen (secondary N) is 1. The maximum absolute atomic E-state index is 12.7. The van der Waals surface area contributed by atoms with Gasteiger partial charge in [0.1, 0.15) is 11.5 Å². The molecule has 0 spiro atoms. The van der Waals surface area contributed by atoms with Gasteiger partial charge in [0.15, 0.2) is 11.5 Å². The Kier molecular flexibility index (Phi) is 5.01. The highest BCUT2D eigenvalue weighted by Crippen LogP contribution is 2.32. The first kappa shape index (κ1) is 17.4. The van der Waals surface area contributed by atoms with Gasteiger partial charge in [0, 0.05) is 6.07 Å². The van der Waals surface area contributed by atoms with Crippen molar-refractivity contribution in [2.24, 2.45) is 0 Å². The van der Waals surface area contributed by atoms with E-state index in [1.807, 2.05) is 6.92 Å². The molecule has 1 aromatic heterocycles. The summed E-state index contributed by atoms with van der Waals surface area (Å²) in [6, 6.07) is 6.15. The van der Waals surface area contributed by atoms with E-state index in [1.54, 1.807) is 32.0 Å². The number of sulfonamides is 1. The molecule has 0 amide bonds. The highest BCUT2D eigenvalue weighted by atomic mass is 32.2. The fourth-order valence-corrected chi connectivity index (χ4v) is 3.75. The molecule has 1 heterocycles. The minimum atomic E-state index is -3.73. The maximum Gasteiger partial charge on any atom is 0.241 e. The number of furan rings is 1. The molecule has 0 saturated carbocycles. The first-order chi connectivity index (χ1) is 10.8. The van der Waals surface area contributed by atoms with Crippen molar-refractivity contribution in [3.05, 3.63) is 41.3 Å². The van der Waals surface area contributed by atoms with Gasteiger partial charge in [0.2, 0.25) is 10.0 Å². The molecule has 23 heavy (non-hydrogen) atoms. The molecule has 0 radical (unpaired) electrons. The maximum atomic E-state index is 12.7. The fraction of sp³-hybridized carbons (Fsp3) is 0.375. The van der Waals surface area contributed by atoms with Gasteiger partial charge < -0.3 is 13.9 Å². The average Bonchev–Trinajstić information content (AvgIpc) is 2.92. The van der Waals surface area contributed by atoms with Crippen LogP contribution in [0.25, 0.3) is 0 Å². The summed E-state index contributed by atoms with van der Waals surface area (Å²) in [4.78, 5) is 0.144. The third-order valence-electron chi connectivity index (χ3n) is 3.49. The smallest absolute Gasteiger partial charge is 0.241 e. The van der Waals surface area contributed by atoms with Crippen LogP contribution >= 0.6 is 0 Å². The standard InChI is InChI=1S/C16H21NO5S/c1-10-8-14(20-4)15(21-5)9-16(10)23(18,19)17-12(3)13-7-6-11(2)22-13/h6-9,12,17H,1-5H3/t12-/m1/s1. The number of hydrogen-bond acceptors (Lipinski definition) is 5. The van der Waals surface area contributed by atoms with Gasteiger partial charge in [-0.3, -0.25) is 0 Å². The molecule has 2 rings (SSSR count). The van der Waals surface area contributed by atoms with E-state index < -0.39 is 16.1 Å². The van der Waals surface area contributed by atoms with E-state index in [1.165, 1.54) is 20.3 Å². The minimum absolute atomic E-state index is 0.144. The molecule has 0 unspecified atom stereocenters. The molecule has 0 aliphatic heterocycles. The van der Waals surface area contributed by atoms with Crippen molar-refractivity contribution in [1.29, 1.82) is 0 Å². The minimum Gasteiger partial charge on any atom is -0.493 e. The van der Waals surface area contributed by atoms with E-state index in [0.717, 1.165) is 5.76 Å². The Balaban J connectivity index is 2.36. The summed E-state index contributed by atoms with van der Waals surface area (Å²) < 4.78 is 43.8. The van der Waals surface area contributed by atoms with Crippen LogP contribution in [-0.4, -0.2) is 22.6 Å². The zero-order chi connectivity index (χ0) is 17.2. The quantitative estimate of drug-likeness (QED) is 0.875. The van der Waals surface area contributed by atoms with Crippen LogP contribution in [0.3, 0.4) is 0 Å². The molecule has 1 N–H and O–H groups in total. The summed E-state index contributed by atoms with van der Waals surface area (Å²) in [6.07, 6.45) is 0. The van der Waals surface area contributed by atoms with Gasteiger partial charge in [0.05, 0.1) is 25.2 Å². The van der Waals surface area contributed by atoms with Gasteiger partial charge in [0.25, 0.3) is 0 Å². The predicted octanol–water partition coefficient (Wildman–Crippen LogP) is 2.95. The highest BCUT2D eigenvalue weighted by Gasteiger charge is 2.24. The Morgan fingerprint density at radius 2 is 1.70 bits per heavy atom. The van der Waals surface area contributed by atoms with Gasteiger partial charge in [-0.2, -0.15) is 0 Å². The van der Waals surface area contributed by atoms with Gasteiger partial charge in [-0.05, 0) is 44.5 Å². The van der Waals surface area contributed by atoms with Gasteiger partial charge in [-0.15, -0.1) is 0 Å². The van der Waals surface area contributed by atoms with E-state index in [-0.39, 0.29) is 4.90 Å². The van der Waals surface area contributed by atoms with E-state index in [2.05, 4.69) is 4.72 Å². The second-order valence-electron chi connectivity index (χ2n) is 5.26. The molecule has 1 atom stereocenters. The number of aryl methyl sites for hydroxylation is 2.